The minimum Gasteiger partial charge on any atom is -0.339 e. The Morgan fingerprint density at radius 3 is 2.72 bits per heavy atom. The van der Waals surface area contributed by atoms with E-state index in [1.807, 2.05) is 11.8 Å². The molecule has 1 aliphatic rings. The average molecular weight is 269 g/mol. The summed E-state index contributed by atoms with van der Waals surface area (Å²) in [6, 6.07) is 0. The Bertz CT molecular complexity index is 372. The van der Waals surface area contributed by atoms with Crippen LogP contribution in [0.2, 0.25) is 0 Å². The third-order valence-electron chi connectivity index (χ3n) is 3.56. The summed E-state index contributed by atoms with van der Waals surface area (Å²) in [7, 11) is 0. The van der Waals surface area contributed by atoms with Gasteiger partial charge < -0.3 is 10.3 Å². The molecular weight excluding hydrogens is 246 g/mol. The maximum absolute atomic E-state index is 5.92. The number of hydrogen-bond donors (Lipinski definition) is 1. The molecule has 0 saturated heterocycles. The van der Waals surface area contributed by atoms with E-state index >= 15 is 0 Å². The van der Waals surface area contributed by atoms with Crippen LogP contribution < -0.4 is 5.73 Å². The molecule has 0 aromatic carbocycles. The SMILES string of the molecule is CC(C)CSCc1noc(C2(CN)CCCC2)n1. The number of nitrogens with zero attached hydrogens (tertiary/aromatic N) is 2. The van der Waals surface area contributed by atoms with E-state index in [2.05, 4.69) is 24.0 Å². The zero-order valence-corrected chi connectivity index (χ0v) is 12.1. The van der Waals surface area contributed by atoms with Crippen molar-refractivity contribution in [3.63, 3.8) is 0 Å². The van der Waals surface area contributed by atoms with Crippen LogP contribution in [-0.2, 0) is 11.2 Å². The van der Waals surface area contributed by atoms with Crippen molar-refractivity contribution in [2.45, 2.75) is 50.7 Å². The molecule has 0 bridgehead atoms. The van der Waals surface area contributed by atoms with Gasteiger partial charge in [0.2, 0.25) is 5.89 Å². The van der Waals surface area contributed by atoms with Crippen LogP contribution in [-0.4, -0.2) is 22.4 Å². The monoisotopic (exact) mass is 269 g/mol. The van der Waals surface area contributed by atoms with Gasteiger partial charge in [-0.3, -0.25) is 0 Å². The summed E-state index contributed by atoms with van der Waals surface area (Å²) in [4.78, 5) is 4.55. The summed E-state index contributed by atoms with van der Waals surface area (Å²) in [5, 5.41) is 4.09. The van der Waals surface area contributed by atoms with Gasteiger partial charge in [-0.25, -0.2) is 0 Å². The first kappa shape index (κ1) is 13.9. The molecule has 18 heavy (non-hydrogen) atoms. The second-order valence-electron chi connectivity index (χ2n) is 5.62. The lowest BCUT2D eigenvalue weighted by Gasteiger charge is -2.21. The standard InChI is InChI=1S/C13H23N3OS/c1-10(2)7-18-8-11-15-12(17-16-11)13(9-14)5-3-4-6-13/h10H,3-9,14H2,1-2H3. The third kappa shape index (κ3) is 3.06. The molecule has 1 aromatic heterocycles. The Hall–Kier alpha value is -0.550. The van der Waals surface area contributed by atoms with Gasteiger partial charge in [0.1, 0.15) is 0 Å². The summed E-state index contributed by atoms with van der Waals surface area (Å²) < 4.78 is 5.45. The van der Waals surface area contributed by atoms with Crippen molar-refractivity contribution in [2.75, 3.05) is 12.3 Å². The number of rotatable bonds is 6. The predicted octanol–water partition coefficient (Wildman–Crippen LogP) is 2.73. The van der Waals surface area contributed by atoms with Gasteiger partial charge in [-0.2, -0.15) is 16.7 Å². The fourth-order valence-corrected chi connectivity index (χ4v) is 3.36. The van der Waals surface area contributed by atoms with Gasteiger partial charge >= 0.3 is 0 Å². The molecule has 1 saturated carbocycles. The van der Waals surface area contributed by atoms with E-state index in [-0.39, 0.29) is 5.41 Å². The Morgan fingerprint density at radius 1 is 1.39 bits per heavy atom. The van der Waals surface area contributed by atoms with Gasteiger partial charge in [0.05, 0.1) is 11.2 Å². The van der Waals surface area contributed by atoms with Crippen molar-refractivity contribution < 1.29 is 4.52 Å². The summed E-state index contributed by atoms with van der Waals surface area (Å²) in [5.41, 5.74) is 5.88. The minimum atomic E-state index is -0.0338. The molecule has 0 spiro atoms. The van der Waals surface area contributed by atoms with Crippen LogP contribution in [0.1, 0.15) is 51.2 Å². The zero-order chi connectivity index (χ0) is 13.0. The van der Waals surface area contributed by atoms with Crippen LogP contribution >= 0.6 is 11.8 Å². The van der Waals surface area contributed by atoms with E-state index in [4.69, 9.17) is 10.3 Å². The van der Waals surface area contributed by atoms with E-state index in [0.29, 0.717) is 12.5 Å². The highest BCUT2D eigenvalue weighted by Gasteiger charge is 2.39. The van der Waals surface area contributed by atoms with E-state index in [1.165, 1.54) is 12.8 Å². The molecule has 0 amide bonds. The second kappa shape index (κ2) is 6.06. The van der Waals surface area contributed by atoms with Crippen LogP contribution in [0.5, 0.6) is 0 Å². The number of nitrogens with two attached hydrogens (primary N) is 1. The lowest BCUT2D eigenvalue weighted by molar-refractivity contribution is 0.283. The molecule has 1 fully saturated rings. The van der Waals surface area contributed by atoms with Crippen LogP contribution in [0.4, 0.5) is 0 Å². The second-order valence-corrected chi connectivity index (χ2v) is 6.65. The van der Waals surface area contributed by atoms with Crippen LogP contribution in [0, 0.1) is 5.92 Å². The van der Waals surface area contributed by atoms with Gasteiger partial charge in [-0.05, 0) is 24.5 Å². The molecular formula is C13H23N3OS. The topological polar surface area (TPSA) is 64.9 Å². The summed E-state index contributed by atoms with van der Waals surface area (Å²) in [6.07, 6.45) is 4.61. The predicted molar refractivity (Wildman–Crippen MR) is 74.5 cm³/mol. The fourth-order valence-electron chi connectivity index (χ4n) is 2.47. The van der Waals surface area contributed by atoms with Gasteiger partial charge in [-0.15, -0.1) is 0 Å². The fraction of sp³-hybridized carbons (Fsp3) is 0.846. The van der Waals surface area contributed by atoms with Crippen LogP contribution in [0.3, 0.4) is 0 Å². The van der Waals surface area contributed by atoms with E-state index in [9.17, 15) is 0 Å². The van der Waals surface area contributed by atoms with Crippen molar-refractivity contribution >= 4 is 11.8 Å². The molecule has 2 N–H and O–H groups in total. The molecule has 0 aliphatic heterocycles. The third-order valence-corrected chi connectivity index (χ3v) is 4.92. The summed E-state index contributed by atoms with van der Waals surface area (Å²) >= 11 is 1.86. The first-order valence-corrected chi connectivity index (χ1v) is 7.92. The number of thioether (sulfide) groups is 1. The molecule has 0 radical (unpaired) electrons. The molecule has 1 aliphatic carbocycles. The number of hydrogen-bond acceptors (Lipinski definition) is 5. The molecule has 2 rings (SSSR count). The van der Waals surface area contributed by atoms with Gasteiger partial charge in [0, 0.05) is 6.54 Å². The summed E-state index contributed by atoms with van der Waals surface area (Å²) in [6.45, 7) is 5.06. The number of aromatic nitrogens is 2. The normalized spacial score (nSPS) is 18.7. The first-order valence-electron chi connectivity index (χ1n) is 6.77. The van der Waals surface area contributed by atoms with Gasteiger partial charge in [-0.1, -0.05) is 31.8 Å². The largest absolute Gasteiger partial charge is 0.339 e. The maximum Gasteiger partial charge on any atom is 0.234 e. The molecule has 4 nitrogen and oxygen atoms in total. The highest BCUT2D eigenvalue weighted by Crippen LogP contribution is 2.39. The Morgan fingerprint density at radius 2 is 2.11 bits per heavy atom. The van der Waals surface area contributed by atoms with Gasteiger partial charge in [0.25, 0.3) is 0 Å². The van der Waals surface area contributed by atoms with E-state index in [0.717, 1.165) is 36.1 Å². The average Bonchev–Trinajstić information content (AvgIpc) is 2.97. The van der Waals surface area contributed by atoms with Crippen molar-refractivity contribution in [2.24, 2.45) is 11.7 Å². The quantitative estimate of drug-likeness (QED) is 0.860. The molecule has 5 heteroatoms. The smallest absolute Gasteiger partial charge is 0.234 e. The highest BCUT2D eigenvalue weighted by molar-refractivity contribution is 7.98. The molecule has 1 aromatic rings. The van der Waals surface area contributed by atoms with E-state index in [1.54, 1.807) is 0 Å². The van der Waals surface area contributed by atoms with Crippen molar-refractivity contribution in [1.29, 1.82) is 0 Å². The van der Waals surface area contributed by atoms with Crippen molar-refractivity contribution in [3.8, 4) is 0 Å². The Balaban J connectivity index is 1.96. The van der Waals surface area contributed by atoms with Crippen LogP contribution in [0.15, 0.2) is 4.52 Å². The summed E-state index contributed by atoms with van der Waals surface area (Å²) in [5.74, 6) is 4.25. The maximum atomic E-state index is 5.92. The van der Waals surface area contributed by atoms with Crippen LogP contribution in [0.25, 0.3) is 0 Å². The lowest BCUT2D eigenvalue weighted by Crippen LogP contribution is -2.32. The highest BCUT2D eigenvalue weighted by atomic mass is 32.2. The Kier molecular flexibility index (Phi) is 4.67. The molecule has 1 heterocycles. The van der Waals surface area contributed by atoms with Gasteiger partial charge in [0.15, 0.2) is 5.82 Å². The van der Waals surface area contributed by atoms with Crippen molar-refractivity contribution in [1.82, 2.24) is 10.1 Å². The minimum absolute atomic E-state index is 0.0338. The Labute approximate surface area is 113 Å². The van der Waals surface area contributed by atoms with Crippen molar-refractivity contribution in [3.05, 3.63) is 11.7 Å². The molecule has 0 unspecified atom stereocenters. The zero-order valence-electron chi connectivity index (χ0n) is 11.3. The lowest BCUT2D eigenvalue weighted by atomic mass is 9.86. The molecule has 0 atom stereocenters. The first-order chi connectivity index (χ1) is 8.66. The van der Waals surface area contributed by atoms with E-state index < -0.39 is 0 Å². The molecule has 102 valence electrons.